The van der Waals surface area contributed by atoms with E-state index in [9.17, 15) is 9.18 Å². The first kappa shape index (κ1) is 18.3. The Labute approximate surface area is 175 Å². The standard InChI is InChI=1S/C23H15FN4OS/c24-16-7-3-5-14(11-16)12-20-27-28-23(30-20)26-22(29)19-13-15-6-1-2-8-17(15)18-9-4-10-25-21(18)19/h1-11,13H,12H2,(H,26,28,29). The van der Waals surface area contributed by atoms with Crippen molar-refractivity contribution in [2.24, 2.45) is 0 Å². The molecule has 0 aliphatic rings. The molecule has 2 aromatic heterocycles. The fourth-order valence-corrected chi connectivity index (χ4v) is 4.23. The zero-order valence-electron chi connectivity index (χ0n) is 15.7. The molecule has 5 nitrogen and oxygen atoms in total. The van der Waals surface area contributed by atoms with Crippen molar-refractivity contribution in [1.82, 2.24) is 15.2 Å². The lowest BCUT2D eigenvalue weighted by molar-refractivity contribution is 0.102. The van der Waals surface area contributed by atoms with E-state index in [0.717, 1.165) is 21.7 Å². The van der Waals surface area contributed by atoms with Gasteiger partial charge in [0.25, 0.3) is 5.91 Å². The van der Waals surface area contributed by atoms with Crippen LogP contribution in [0.2, 0.25) is 0 Å². The topological polar surface area (TPSA) is 67.8 Å². The molecule has 0 spiro atoms. The number of anilines is 1. The van der Waals surface area contributed by atoms with Crippen LogP contribution in [-0.2, 0) is 6.42 Å². The van der Waals surface area contributed by atoms with Gasteiger partial charge in [0.2, 0.25) is 5.13 Å². The molecule has 7 heteroatoms. The minimum Gasteiger partial charge on any atom is -0.296 e. The summed E-state index contributed by atoms with van der Waals surface area (Å²) >= 11 is 1.27. The van der Waals surface area contributed by atoms with Crippen LogP contribution in [0.4, 0.5) is 9.52 Å². The highest BCUT2D eigenvalue weighted by Crippen LogP contribution is 2.28. The van der Waals surface area contributed by atoms with Crippen LogP contribution >= 0.6 is 11.3 Å². The molecule has 0 radical (unpaired) electrons. The number of amides is 1. The normalized spacial score (nSPS) is 11.1. The van der Waals surface area contributed by atoms with Gasteiger partial charge in [0.1, 0.15) is 10.8 Å². The summed E-state index contributed by atoms with van der Waals surface area (Å²) in [7, 11) is 0. The van der Waals surface area contributed by atoms with Crippen LogP contribution in [0.15, 0.2) is 72.9 Å². The summed E-state index contributed by atoms with van der Waals surface area (Å²) in [4.78, 5) is 17.5. The lowest BCUT2D eigenvalue weighted by Gasteiger charge is -2.09. The predicted molar refractivity (Wildman–Crippen MR) is 116 cm³/mol. The Morgan fingerprint density at radius 3 is 2.73 bits per heavy atom. The van der Waals surface area contributed by atoms with Crippen molar-refractivity contribution in [1.29, 1.82) is 0 Å². The lowest BCUT2D eigenvalue weighted by Crippen LogP contribution is -2.12. The number of hydrogen-bond donors (Lipinski definition) is 1. The third kappa shape index (κ3) is 3.51. The molecule has 0 saturated carbocycles. The molecule has 0 atom stereocenters. The van der Waals surface area contributed by atoms with Gasteiger partial charge in [-0.3, -0.25) is 15.1 Å². The van der Waals surface area contributed by atoms with E-state index in [2.05, 4.69) is 20.5 Å². The van der Waals surface area contributed by atoms with E-state index in [1.807, 2.05) is 48.5 Å². The van der Waals surface area contributed by atoms with E-state index in [-0.39, 0.29) is 11.7 Å². The van der Waals surface area contributed by atoms with Gasteiger partial charge in [0.15, 0.2) is 0 Å². The van der Waals surface area contributed by atoms with Crippen LogP contribution in [0.3, 0.4) is 0 Å². The van der Waals surface area contributed by atoms with Crippen LogP contribution in [-0.4, -0.2) is 21.1 Å². The van der Waals surface area contributed by atoms with E-state index >= 15 is 0 Å². The maximum absolute atomic E-state index is 13.4. The molecular weight excluding hydrogens is 399 g/mol. The molecule has 146 valence electrons. The van der Waals surface area contributed by atoms with Crippen LogP contribution in [0.25, 0.3) is 21.7 Å². The first-order valence-corrected chi connectivity index (χ1v) is 10.1. The minimum atomic E-state index is -0.294. The molecule has 30 heavy (non-hydrogen) atoms. The third-order valence-electron chi connectivity index (χ3n) is 4.79. The molecule has 0 fully saturated rings. The monoisotopic (exact) mass is 414 g/mol. The third-order valence-corrected chi connectivity index (χ3v) is 5.63. The van der Waals surface area contributed by atoms with E-state index in [0.29, 0.717) is 27.6 Å². The van der Waals surface area contributed by atoms with Crippen molar-refractivity contribution < 1.29 is 9.18 Å². The van der Waals surface area contributed by atoms with Gasteiger partial charge in [0.05, 0.1) is 11.1 Å². The molecule has 0 unspecified atom stereocenters. The lowest BCUT2D eigenvalue weighted by atomic mass is 10.0. The molecule has 5 aromatic rings. The van der Waals surface area contributed by atoms with Gasteiger partial charge in [-0.2, -0.15) is 0 Å². The average Bonchev–Trinajstić information content (AvgIpc) is 3.19. The van der Waals surface area contributed by atoms with E-state index in [1.165, 1.54) is 23.5 Å². The number of nitrogens with zero attached hydrogens (tertiary/aromatic N) is 3. The fourth-order valence-electron chi connectivity index (χ4n) is 3.46. The Morgan fingerprint density at radius 2 is 1.83 bits per heavy atom. The molecule has 2 heterocycles. The smallest absolute Gasteiger partial charge is 0.259 e. The Balaban J connectivity index is 1.44. The maximum atomic E-state index is 13.4. The first-order valence-electron chi connectivity index (χ1n) is 9.32. The number of carbonyl (C=O) groups excluding carboxylic acids is 1. The van der Waals surface area contributed by atoms with Gasteiger partial charge in [-0.1, -0.05) is 53.8 Å². The van der Waals surface area contributed by atoms with Gasteiger partial charge in [-0.25, -0.2) is 4.39 Å². The Bertz CT molecular complexity index is 1400. The summed E-state index contributed by atoms with van der Waals surface area (Å²) in [6.07, 6.45) is 2.13. The molecule has 0 aliphatic heterocycles. The number of benzene rings is 3. The van der Waals surface area contributed by atoms with Crippen LogP contribution in [0, 0.1) is 5.82 Å². The number of aromatic nitrogens is 3. The SMILES string of the molecule is O=C(Nc1nnc(Cc2cccc(F)c2)s1)c1cc2ccccc2c2cccnc12. The molecule has 0 aliphatic carbocycles. The number of rotatable bonds is 4. The summed E-state index contributed by atoms with van der Waals surface area (Å²) in [5.74, 6) is -0.584. The number of hydrogen-bond acceptors (Lipinski definition) is 5. The molecule has 0 saturated heterocycles. The van der Waals surface area contributed by atoms with Crippen LogP contribution in [0.5, 0.6) is 0 Å². The van der Waals surface area contributed by atoms with E-state index in [4.69, 9.17) is 0 Å². The van der Waals surface area contributed by atoms with Crippen molar-refractivity contribution >= 4 is 44.1 Å². The van der Waals surface area contributed by atoms with Crippen molar-refractivity contribution in [2.45, 2.75) is 6.42 Å². The largest absolute Gasteiger partial charge is 0.296 e. The number of carbonyl (C=O) groups is 1. The predicted octanol–water partition coefficient (Wildman–Crippen LogP) is 5.22. The molecule has 0 bridgehead atoms. The van der Waals surface area contributed by atoms with E-state index < -0.39 is 0 Å². The number of halogens is 1. The van der Waals surface area contributed by atoms with Crippen molar-refractivity contribution in [3.63, 3.8) is 0 Å². The van der Waals surface area contributed by atoms with Crippen molar-refractivity contribution in [3.8, 4) is 0 Å². The second-order valence-electron chi connectivity index (χ2n) is 6.81. The van der Waals surface area contributed by atoms with Gasteiger partial charge in [-0.15, -0.1) is 10.2 Å². The summed E-state index contributed by atoms with van der Waals surface area (Å²) in [5, 5.41) is 15.0. The number of nitrogens with one attached hydrogen (secondary N) is 1. The number of fused-ring (bicyclic) bond motifs is 3. The van der Waals surface area contributed by atoms with Crippen molar-refractivity contribution in [2.75, 3.05) is 5.32 Å². The quantitative estimate of drug-likeness (QED) is 0.409. The Morgan fingerprint density at radius 1 is 0.967 bits per heavy atom. The Kier molecular flexibility index (Phi) is 4.65. The zero-order chi connectivity index (χ0) is 20.5. The highest BCUT2D eigenvalue weighted by molar-refractivity contribution is 7.15. The second-order valence-corrected chi connectivity index (χ2v) is 7.87. The zero-order valence-corrected chi connectivity index (χ0v) is 16.5. The van der Waals surface area contributed by atoms with E-state index in [1.54, 1.807) is 12.3 Å². The molecule has 3 aromatic carbocycles. The second kappa shape index (κ2) is 7.61. The molecular formula is C23H15FN4OS. The van der Waals surface area contributed by atoms with Gasteiger partial charge in [-0.05, 0) is 40.6 Å². The summed E-state index contributed by atoms with van der Waals surface area (Å²) in [6.45, 7) is 0. The molecule has 5 rings (SSSR count). The van der Waals surface area contributed by atoms with Crippen LogP contribution in [0.1, 0.15) is 20.9 Å². The van der Waals surface area contributed by atoms with Crippen LogP contribution < -0.4 is 5.32 Å². The summed E-state index contributed by atoms with van der Waals surface area (Å²) < 4.78 is 13.4. The molecule has 1 N–H and O–H groups in total. The number of pyridine rings is 1. The maximum Gasteiger partial charge on any atom is 0.259 e. The van der Waals surface area contributed by atoms with Gasteiger partial charge >= 0.3 is 0 Å². The highest BCUT2D eigenvalue weighted by Gasteiger charge is 2.16. The summed E-state index contributed by atoms with van der Waals surface area (Å²) in [5.41, 5.74) is 1.91. The first-order chi connectivity index (χ1) is 14.7. The van der Waals surface area contributed by atoms with Gasteiger partial charge < -0.3 is 0 Å². The van der Waals surface area contributed by atoms with Crippen molar-refractivity contribution in [3.05, 3.63) is 94.9 Å². The Hall–Kier alpha value is -3.71. The summed E-state index contributed by atoms with van der Waals surface area (Å²) in [6, 6.07) is 19.9. The minimum absolute atomic E-state index is 0.291. The van der Waals surface area contributed by atoms with Gasteiger partial charge in [0, 0.05) is 18.0 Å². The average molecular weight is 414 g/mol. The fraction of sp³-hybridized carbons (Fsp3) is 0.0435. The highest BCUT2D eigenvalue weighted by atomic mass is 32.1. The molecule has 1 amide bonds.